The Balaban J connectivity index is 2.82. The van der Waals surface area contributed by atoms with Crippen LogP contribution in [-0.4, -0.2) is 41.9 Å². The number of rotatable bonds is 1. The molecule has 1 aliphatic heterocycles. The molecule has 0 radical (unpaired) electrons. The van der Waals surface area contributed by atoms with Crippen molar-refractivity contribution in [2.24, 2.45) is 5.73 Å². The van der Waals surface area contributed by atoms with Crippen LogP contribution in [0.15, 0.2) is 0 Å². The highest BCUT2D eigenvalue weighted by Crippen LogP contribution is 2.05. The number of nitrogens with two attached hydrogens (primary N) is 1. The first-order valence-corrected chi connectivity index (χ1v) is 6.14. The van der Waals surface area contributed by atoms with Gasteiger partial charge >= 0.3 is 23.9 Å². The van der Waals surface area contributed by atoms with Gasteiger partial charge in [0, 0.05) is 6.92 Å². The molecule has 1 rings (SSSR count). The molecule has 11 heteroatoms. The maximum atomic E-state index is 11.6. The Hall–Kier alpha value is -2.69. The van der Waals surface area contributed by atoms with Crippen molar-refractivity contribution in [3.63, 3.8) is 0 Å². The quantitative estimate of drug-likeness (QED) is 0.517. The van der Waals surface area contributed by atoms with Crippen molar-refractivity contribution >= 4 is 29.8 Å². The molecule has 1 amide bonds. The van der Waals surface area contributed by atoms with Gasteiger partial charge in [0.15, 0.2) is 0 Å². The van der Waals surface area contributed by atoms with Gasteiger partial charge in [-0.15, -0.1) is 0 Å². The molecule has 0 aromatic heterocycles. The number of amides is 1. The molecule has 0 spiro atoms. The largest absolute Gasteiger partial charge is 0.378 e. The zero-order valence-electron chi connectivity index (χ0n) is 11.5. The molecule has 11 nitrogen and oxygen atoms in total. The highest BCUT2D eigenvalue weighted by molar-refractivity contribution is 5.87. The van der Waals surface area contributed by atoms with Crippen LogP contribution in [0.1, 0.15) is 26.2 Å². The summed E-state index contributed by atoms with van der Waals surface area (Å²) in [6.45, 7) is 1.09. The number of carbonyl (C=O) groups excluding carboxylic acids is 5. The van der Waals surface area contributed by atoms with E-state index in [0.29, 0.717) is 0 Å². The van der Waals surface area contributed by atoms with E-state index in [9.17, 15) is 24.0 Å². The number of hydrogen-bond donors (Lipinski definition) is 2. The minimum absolute atomic E-state index is 0.179. The summed E-state index contributed by atoms with van der Waals surface area (Å²) in [5, 5.41) is 2.09. The smallest absolute Gasteiger partial charge is 0.342 e. The fraction of sp³-hybridized carbons (Fsp3) is 0.545. The topological polar surface area (TPSA) is 160 Å². The summed E-state index contributed by atoms with van der Waals surface area (Å²) in [5.41, 5.74) is 5.39. The Morgan fingerprint density at radius 3 is 2.27 bits per heavy atom. The van der Waals surface area contributed by atoms with E-state index in [0.717, 1.165) is 6.92 Å². The normalized spacial score (nSPS) is 24.5. The van der Waals surface area contributed by atoms with Crippen molar-refractivity contribution in [3.05, 3.63) is 0 Å². The lowest BCUT2D eigenvalue weighted by molar-refractivity contribution is -0.263. The van der Waals surface area contributed by atoms with Crippen LogP contribution in [0.2, 0.25) is 0 Å². The molecule has 0 aromatic rings. The lowest BCUT2D eigenvalue weighted by atomic mass is 10.2. The molecule has 0 saturated carbocycles. The molecule has 0 aromatic carbocycles. The number of hydrogen-bond acceptors (Lipinski definition) is 10. The molecular weight excluding hydrogens is 304 g/mol. The van der Waals surface area contributed by atoms with E-state index < -0.39 is 48.3 Å². The predicted molar refractivity (Wildman–Crippen MR) is 63.8 cm³/mol. The maximum Gasteiger partial charge on any atom is 0.378 e. The molecular formula is C11H14N2O9. The first-order chi connectivity index (χ1) is 10.3. The van der Waals surface area contributed by atoms with Crippen LogP contribution in [0, 0.1) is 0 Å². The van der Waals surface area contributed by atoms with E-state index in [4.69, 9.17) is 5.73 Å². The standard InChI is InChI=1S/C11H14N2O9/c1-5(14)13-7-4-9(16)20-21-10(17)6(12)2-3-8(15)19-22-11(7)18/h6-7H,2-4,12H2,1H3,(H,13,14)/t6-,7?/m1/s1. The van der Waals surface area contributed by atoms with E-state index in [1.807, 2.05) is 0 Å². The van der Waals surface area contributed by atoms with Crippen LogP contribution < -0.4 is 11.1 Å². The fourth-order valence-electron chi connectivity index (χ4n) is 1.37. The third-order valence-electron chi connectivity index (χ3n) is 2.43. The summed E-state index contributed by atoms with van der Waals surface area (Å²) in [5.74, 6) is -5.03. The molecule has 1 saturated heterocycles. The van der Waals surface area contributed by atoms with Crippen LogP contribution in [0.25, 0.3) is 0 Å². The second-order valence-corrected chi connectivity index (χ2v) is 4.32. The Kier molecular flexibility index (Phi) is 6.25. The van der Waals surface area contributed by atoms with Gasteiger partial charge in [0.1, 0.15) is 12.1 Å². The molecule has 3 N–H and O–H groups in total. The Labute approximate surface area is 123 Å². The zero-order chi connectivity index (χ0) is 16.7. The van der Waals surface area contributed by atoms with Crippen LogP contribution >= 0.6 is 0 Å². The van der Waals surface area contributed by atoms with Gasteiger partial charge in [-0.3, -0.25) is 4.79 Å². The highest BCUT2D eigenvalue weighted by Gasteiger charge is 2.30. The van der Waals surface area contributed by atoms with Gasteiger partial charge in [-0.25, -0.2) is 38.7 Å². The predicted octanol–water partition coefficient (Wildman–Crippen LogP) is -1.99. The third-order valence-corrected chi connectivity index (χ3v) is 2.43. The van der Waals surface area contributed by atoms with E-state index in [2.05, 4.69) is 24.9 Å². The molecule has 0 bridgehead atoms. The van der Waals surface area contributed by atoms with Gasteiger partial charge in [0.2, 0.25) is 5.91 Å². The summed E-state index contributed by atoms with van der Waals surface area (Å²) in [6, 6.07) is -2.71. The Morgan fingerprint density at radius 2 is 1.64 bits per heavy atom. The van der Waals surface area contributed by atoms with E-state index in [1.54, 1.807) is 0 Å². The number of carbonyl (C=O) groups is 5. The first-order valence-electron chi connectivity index (χ1n) is 6.14. The first kappa shape index (κ1) is 17.4. The van der Waals surface area contributed by atoms with Crippen molar-refractivity contribution in [2.45, 2.75) is 38.3 Å². The van der Waals surface area contributed by atoms with Crippen molar-refractivity contribution in [1.29, 1.82) is 0 Å². The van der Waals surface area contributed by atoms with Gasteiger partial charge in [-0.05, 0) is 6.42 Å². The van der Waals surface area contributed by atoms with E-state index in [1.165, 1.54) is 0 Å². The highest BCUT2D eigenvalue weighted by atomic mass is 17.2. The summed E-state index contributed by atoms with van der Waals surface area (Å²) in [6.07, 6.45) is -1.23. The lowest BCUT2D eigenvalue weighted by Crippen LogP contribution is -2.42. The summed E-state index contributed by atoms with van der Waals surface area (Å²) in [4.78, 5) is 73.4. The SMILES string of the molecule is CC(=O)NC1CC(=O)OOC(=O)[C@H](N)CCC(=O)OOC1=O. The second kappa shape index (κ2) is 7.93. The van der Waals surface area contributed by atoms with Gasteiger partial charge in [0.25, 0.3) is 0 Å². The van der Waals surface area contributed by atoms with Crippen molar-refractivity contribution in [2.75, 3.05) is 0 Å². The van der Waals surface area contributed by atoms with E-state index >= 15 is 0 Å². The van der Waals surface area contributed by atoms with Gasteiger partial charge in [-0.2, -0.15) is 0 Å². The molecule has 22 heavy (non-hydrogen) atoms. The fourth-order valence-corrected chi connectivity index (χ4v) is 1.37. The molecule has 1 aliphatic rings. The Bertz CT molecular complexity index is 490. The van der Waals surface area contributed by atoms with Crippen LogP contribution in [0.5, 0.6) is 0 Å². The molecule has 1 unspecified atom stereocenters. The van der Waals surface area contributed by atoms with Gasteiger partial charge in [-0.1, -0.05) is 0 Å². The minimum atomic E-state index is -1.48. The molecule has 2 atom stereocenters. The third kappa shape index (κ3) is 5.75. The molecule has 1 fully saturated rings. The minimum Gasteiger partial charge on any atom is -0.342 e. The average Bonchev–Trinajstić information content (AvgIpc) is 2.46. The van der Waals surface area contributed by atoms with Crippen LogP contribution in [0.3, 0.4) is 0 Å². The Morgan fingerprint density at radius 1 is 1.05 bits per heavy atom. The molecule has 1 heterocycles. The lowest BCUT2D eigenvalue weighted by Gasteiger charge is -2.13. The summed E-state index contributed by atoms with van der Waals surface area (Å²) >= 11 is 0. The number of nitrogens with one attached hydrogen (secondary N) is 1. The van der Waals surface area contributed by atoms with Crippen LogP contribution in [-0.2, 0) is 43.5 Å². The second-order valence-electron chi connectivity index (χ2n) is 4.32. The zero-order valence-corrected chi connectivity index (χ0v) is 11.5. The average molecular weight is 318 g/mol. The van der Waals surface area contributed by atoms with Crippen molar-refractivity contribution in [3.8, 4) is 0 Å². The van der Waals surface area contributed by atoms with E-state index in [-0.39, 0.29) is 12.8 Å². The van der Waals surface area contributed by atoms with Crippen molar-refractivity contribution in [1.82, 2.24) is 5.32 Å². The van der Waals surface area contributed by atoms with Gasteiger partial charge < -0.3 is 11.1 Å². The molecule has 122 valence electrons. The molecule has 0 aliphatic carbocycles. The van der Waals surface area contributed by atoms with Crippen LogP contribution in [0.4, 0.5) is 0 Å². The maximum absolute atomic E-state index is 11.6. The van der Waals surface area contributed by atoms with Gasteiger partial charge in [0.05, 0.1) is 12.8 Å². The summed E-state index contributed by atoms with van der Waals surface area (Å²) in [7, 11) is 0. The monoisotopic (exact) mass is 318 g/mol. The van der Waals surface area contributed by atoms with Crippen molar-refractivity contribution < 1.29 is 43.5 Å². The summed E-state index contributed by atoms with van der Waals surface area (Å²) < 4.78 is 0.